The molecular formula is C25H25NO5. The van der Waals surface area contributed by atoms with Crippen LogP contribution in [0.2, 0.25) is 0 Å². The standard InChI is InChI=1S/C25H25NO5/c1-18-11-13-19(14-12-18)24(28)21-9-6-16-26(21)15-5-8-20-7-4-10-22(25(20)30-3)31-17-23(27)29-2/h4-14,16H,15,17H2,1-3H3. The van der Waals surface area contributed by atoms with E-state index < -0.39 is 5.97 Å². The van der Waals surface area contributed by atoms with Gasteiger partial charge in [-0.25, -0.2) is 4.79 Å². The molecule has 0 atom stereocenters. The highest BCUT2D eigenvalue weighted by Crippen LogP contribution is 2.32. The molecule has 31 heavy (non-hydrogen) atoms. The number of methoxy groups -OCH3 is 2. The molecule has 0 amide bonds. The molecule has 0 aliphatic carbocycles. The number of allylic oxidation sites excluding steroid dienone is 1. The molecule has 0 aliphatic heterocycles. The maximum Gasteiger partial charge on any atom is 0.343 e. The molecule has 0 bridgehead atoms. The smallest absolute Gasteiger partial charge is 0.343 e. The number of ether oxygens (including phenoxy) is 3. The van der Waals surface area contributed by atoms with E-state index in [-0.39, 0.29) is 12.4 Å². The molecule has 0 radical (unpaired) electrons. The summed E-state index contributed by atoms with van der Waals surface area (Å²) >= 11 is 0. The Morgan fingerprint density at radius 2 is 1.77 bits per heavy atom. The van der Waals surface area contributed by atoms with Crippen LogP contribution in [0.5, 0.6) is 11.5 Å². The van der Waals surface area contributed by atoms with Gasteiger partial charge in [0.25, 0.3) is 0 Å². The lowest BCUT2D eigenvalue weighted by Gasteiger charge is -2.12. The molecule has 6 nitrogen and oxygen atoms in total. The third-order valence-corrected chi connectivity index (χ3v) is 4.76. The van der Waals surface area contributed by atoms with Crippen molar-refractivity contribution in [2.75, 3.05) is 20.8 Å². The van der Waals surface area contributed by atoms with E-state index in [9.17, 15) is 9.59 Å². The van der Waals surface area contributed by atoms with Crippen molar-refractivity contribution in [3.8, 4) is 11.5 Å². The van der Waals surface area contributed by atoms with Gasteiger partial charge in [0.05, 0.1) is 19.9 Å². The highest BCUT2D eigenvalue weighted by molar-refractivity contribution is 6.08. The first-order valence-corrected chi connectivity index (χ1v) is 9.83. The SMILES string of the molecule is COC(=O)COc1cccc(C=CCn2cccc2C(=O)c2ccc(C)cc2)c1OC. The van der Waals surface area contributed by atoms with Crippen LogP contribution in [0.25, 0.3) is 6.08 Å². The predicted molar refractivity (Wildman–Crippen MR) is 119 cm³/mol. The van der Waals surface area contributed by atoms with E-state index in [1.54, 1.807) is 13.2 Å². The zero-order chi connectivity index (χ0) is 22.2. The van der Waals surface area contributed by atoms with E-state index in [4.69, 9.17) is 9.47 Å². The molecule has 0 unspecified atom stereocenters. The zero-order valence-corrected chi connectivity index (χ0v) is 17.8. The third kappa shape index (κ3) is 5.42. The number of rotatable bonds is 9. The van der Waals surface area contributed by atoms with E-state index >= 15 is 0 Å². The van der Waals surface area contributed by atoms with E-state index in [1.165, 1.54) is 7.11 Å². The summed E-state index contributed by atoms with van der Waals surface area (Å²) in [6, 6.07) is 16.7. The number of aromatic nitrogens is 1. The number of carbonyl (C=O) groups is 2. The van der Waals surface area contributed by atoms with Gasteiger partial charge in [0, 0.05) is 23.9 Å². The first-order chi connectivity index (χ1) is 15.0. The van der Waals surface area contributed by atoms with Gasteiger partial charge in [-0.3, -0.25) is 4.79 Å². The fraction of sp³-hybridized carbons (Fsp3) is 0.200. The Balaban J connectivity index is 1.74. The lowest BCUT2D eigenvalue weighted by molar-refractivity contribution is -0.142. The van der Waals surface area contributed by atoms with E-state index in [1.807, 2.05) is 78.4 Å². The summed E-state index contributed by atoms with van der Waals surface area (Å²) in [7, 11) is 2.85. The van der Waals surface area contributed by atoms with Gasteiger partial charge in [0.2, 0.25) is 5.78 Å². The molecule has 160 valence electrons. The van der Waals surface area contributed by atoms with Crippen LogP contribution in [-0.4, -0.2) is 37.1 Å². The minimum absolute atomic E-state index is 0.0193. The van der Waals surface area contributed by atoms with Crippen LogP contribution in [0.1, 0.15) is 27.2 Å². The largest absolute Gasteiger partial charge is 0.492 e. The van der Waals surface area contributed by atoms with Crippen LogP contribution >= 0.6 is 0 Å². The molecular weight excluding hydrogens is 394 g/mol. The summed E-state index contributed by atoms with van der Waals surface area (Å²) in [5.41, 5.74) is 3.19. The van der Waals surface area contributed by atoms with Crippen LogP contribution in [-0.2, 0) is 16.1 Å². The van der Waals surface area contributed by atoms with Crippen molar-refractivity contribution in [1.29, 1.82) is 0 Å². The molecule has 2 aromatic carbocycles. The van der Waals surface area contributed by atoms with Crippen LogP contribution < -0.4 is 9.47 Å². The molecule has 0 fully saturated rings. The van der Waals surface area contributed by atoms with Crippen LogP contribution in [0.4, 0.5) is 0 Å². The van der Waals surface area contributed by atoms with Gasteiger partial charge in [-0.1, -0.05) is 54.1 Å². The average Bonchev–Trinajstić information content (AvgIpc) is 3.26. The van der Waals surface area contributed by atoms with Gasteiger partial charge < -0.3 is 18.8 Å². The van der Waals surface area contributed by atoms with Crippen LogP contribution in [0.15, 0.2) is 66.9 Å². The molecule has 0 saturated heterocycles. The van der Waals surface area contributed by atoms with Crippen molar-refractivity contribution in [2.24, 2.45) is 0 Å². The Labute approximate surface area is 181 Å². The number of hydrogen-bond donors (Lipinski definition) is 0. The molecule has 1 aromatic heterocycles. The Kier molecular flexibility index (Phi) is 7.27. The third-order valence-electron chi connectivity index (χ3n) is 4.76. The molecule has 1 heterocycles. The lowest BCUT2D eigenvalue weighted by atomic mass is 10.1. The van der Waals surface area contributed by atoms with Crippen molar-refractivity contribution in [3.63, 3.8) is 0 Å². The molecule has 0 spiro atoms. The Morgan fingerprint density at radius 3 is 2.48 bits per heavy atom. The second kappa shape index (κ2) is 10.3. The van der Waals surface area contributed by atoms with Crippen molar-refractivity contribution in [2.45, 2.75) is 13.5 Å². The van der Waals surface area contributed by atoms with Gasteiger partial charge in [0.1, 0.15) is 0 Å². The number of benzene rings is 2. The normalized spacial score (nSPS) is 10.8. The summed E-state index contributed by atoms with van der Waals surface area (Å²) in [5, 5.41) is 0. The van der Waals surface area contributed by atoms with E-state index in [0.29, 0.717) is 29.3 Å². The minimum Gasteiger partial charge on any atom is -0.492 e. The lowest BCUT2D eigenvalue weighted by Crippen LogP contribution is -2.13. The highest BCUT2D eigenvalue weighted by atomic mass is 16.6. The summed E-state index contributed by atoms with van der Waals surface area (Å²) in [4.78, 5) is 24.2. The number of ketones is 1. The maximum absolute atomic E-state index is 12.9. The minimum atomic E-state index is -0.471. The molecule has 0 N–H and O–H groups in total. The highest BCUT2D eigenvalue weighted by Gasteiger charge is 2.13. The van der Waals surface area contributed by atoms with Crippen molar-refractivity contribution >= 4 is 17.8 Å². The summed E-state index contributed by atoms with van der Waals surface area (Å²) in [5.74, 6) is 0.480. The number of esters is 1. The predicted octanol–water partition coefficient (Wildman–Crippen LogP) is 4.30. The van der Waals surface area contributed by atoms with Crippen molar-refractivity contribution in [1.82, 2.24) is 4.57 Å². The Morgan fingerprint density at radius 1 is 1.00 bits per heavy atom. The number of hydrogen-bond acceptors (Lipinski definition) is 5. The first kappa shape index (κ1) is 21.9. The van der Waals surface area contributed by atoms with Crippen molar-refractivity contribution in [3.05, 3.63) is 89.3 Å². The molecule has 6 heteroatoms. The fourth-order valence-electron chi connectivity index (χ4n) is 3.12. The Bertz CT molecular complexity index is 1080. The van der Waals surface area contributed by atoms with Gasteiger partial charge in [0.15, 0.2) is 18.1 Å². The van der Waals surface area contributed by atoms with Gasteiger partial charge >= 0.3 is 5.97 Å². The van der Waals surface area contributed by atoms with Crippen LogP contribution in [0.3, 0.4) is 0 Å². The molecule has 0 aliphatic rings. The molecule has 3 aromatic rings. The summed E-state index contributed by atoms with van der Waals surface area (Å²) in [6.07, 6.45) is 5.71. The molecule has 3 rings (SSSR count). The summed E-state index contributed by atoms with van der Waals surface area (Å²) < 4.78 is 17.5. The fourth-order valence-corrected chi connectivity index (χ4v) is 3.12. The summed E-state index contributed by atoms with van der Waals surface area (Å²) in [6.45, 7) is 2.30. The van der Waals surface area contributed by atoms with E-state index in [2.05, 4.69) is 4.74 Å². The second-order valence-electron chi connectivity index (χ2n) is 6.89. The zero-order valence-electron chi connectivity index (χ0n) is 17.8. The Hall–Kier alpha value is -3.80. The van der Waals surface area contributed by atoms with Gasteiger partial charge in [-0.05, 0) is 25.1 Å². The van der Waals surface area contributed by atoms with Gasteiger partial charge in [-0.2, -0.15) is 0 Å². The number of aryl methyl sites for hydroxylation is 1. The van der Waals surface area contributed by atoms with Gasteiger partial charge in [-0.15, -0.1) is 0 Å². The second-order valence-corrected chi connectivity index (χ2v) is 6.89. The maximum atomic E-state index is 12.9. The number of para-hydroxylation sites is 1. The number of carbonyl (C=O) groups excluding carboxylic acids is 2. The van der Waals surface area contributed by atoms with E-state index in [0.717, 1.165) is 11.1 Å². The average molecular weight is 419 g/mol. The topological polar surface area (TPSA) is 66.8 Å². The quantitative estimate of drug-likeness (QED) is 0.382. The van der Waals surface area contributed by atoms with Crippen LogP contribution in [0, 0.1) is 6.92 Å². The number of nitrogens with zero attached hydrogens (tertiary/aromatic N) is 1. The molecule has 0 saturated carbocycles. The van der Waals surface area contributed by atoms with Crippen molar-refractivity contribution < 1.29 is 23.8 Å². The monoisotopic (exact) mass is 419 g/mol. The first-order valence-electron chi connectivity index (χ1n) is 9.83.